The number of aliphatic hydroxyl groups excluding tert-OH is 2. The molecule has 146 valence electrons. The Labute approximate surface area is 154 Å². The van der Waals surface area contributed by atoms with E-state index >= 15 is 0 Å². The van der Waals surface area contributed by atoms with Crippen molar-refractivity contribution in [3.05, 3.63) is 29.8 Å². The lowest BCUT2D eigenvalue weighted by molar-refractivity contribution is -0.0911. The normalized spacial score (nSPS) is 28.5. The summed E-state index contributed by atoms with van der Waals surface area (Å²) in [7, 11) is 0. The van der Waals surface area contributed by atoms with Crippen LogP contribution in [0, 0.1) is 17.0 Å². The van der Waals surface area contributed by atoms with Gasteiger partial charge in [0.25, 0.3) is 0 Å². The Balaban J connectivity index is 1.61. The molecular weight excluding hydrogens is 338 g/mol. The van der Waals surface area contributed by atoms with Gasteiger partial charge < -0.3 is 15.1 Å². The number of rotatable bonds is 5. The molecule has 4 nitrogen and oxygen atoms in total. The summed E-state index contributed by atoms with van der Waals surface area (Å²) in [4.78, 5) is 4.52. The minimum atomic E-state index is -0.813. The molecule has 2 aliphatic heterocycles. The molecule has 0 spiro atoms. The summed E-state index contributed by atoms with van der Waals surface area (Å²) in [6.45, 7) is 5.29. The van der Waals surface area contributed by atoms with Crippen molar-refractivity contribution in [1.29, 1.82) is 0 Å². The molecule has 6 heteroatoms. The van der Waals surface area contributed by atoms with E-state index in [1.165, 1.54) is 12.1 Å². The Morgan fingerprint density at radius 2 is 1.85 bits per heavy atom. The van der Waals surface area contributed by atoms with Gasteiger partial charge in [0.2, 0.25) is 0 Å². The predicted molar refractivity (Wildman–Crippen MR) is 98.2 cm³/mol. The topological polar surface area (TPSA) is 46.9 Å². The fourth-order valence-corrected chi connectivity index (χ4v) is 4.64. The van der Waals surface area contributed by atoms with Gasteiger partial charge in [0.1, 0.15) is 0 Å². The van der Waals surface area contributed by atoms with E-state index in [2.05, 4.69) is 16.7 Å². The zero-order valence-electron chi connectivity index (χ0n) is 15.5. The van der Waals surface area contributed by atoms with Crippen molar-refractivity contribution in [1.82, 2.24) is 4.90 Å². The van der Waals surface area contributed by atoms with Crippen molar-refractivity contribution < 1.29 is 19.0 Å². The van der Waals surface area contributed by atoms with Gasteiger partial charge in [0, 0.05) is 49.4 Å². The summed E-state index contributed by atoms with van der Waals surface area (Å²) in [6, 6.07) is 4.49. The van der Waals surface area contributed by atoms with Crippen LogP contribution in [0.25, 0.3) is 0 Å². The van der Waals surface area contributed by atoms with Crippen LogP contribution in [0.5, 0.6) is 0 Å². The maximum atomic E-state index is 13.5. The third-order valence-electron chi connectivity index (χ3n) is 6.23. The summed E-state index contributed by atoms with van der Waals surface area (Å²) >= 11 is 0. The van der Waals surface area contributed by atoms with Gasteiger partial charge in [-0.3, -0.25) is 4.90 Å². The molecule has 2 fully saturated rings. The maximum Gasteiger partial charge on any atom is 0.160 e. The van der Waals surface area contributed by atoms with Gasteiger partial charge in [-0.25, -0.2) is 8.78 Å². The van der Waals surface area contributed by atoms with E-state index in [-0.39, 0.29) is 6.61 Å². The molecule has 0 radical (unpaired) electrons. The van der Waals surface area contributed by atoms with Crippen LogP contribution in [-0.2, 0) is 0 Å². The summed E-state index contributed by atoms with van der Waals surface area (Å²) in [5, 5.41) is 20.4. The molecule has 2 N–H and O–H groups in total. The van der Waals surface area contributed by atoms with Crippen molar-refractivity contribution >= 4 is 5.69 Å². The average Bonchev–Trinajstić information content (AvgIpc) is 2.66. The fraction of sp³-hybridized carbons (Fsp3) is 0.700. The Morgan fingerprint density at radius 3 is 2.46 bits per heavy atom. The van der Waals surface area contributed by atoms with Crippen LogP contribution in [0.1, 0.15) is 39.0 Å². The molecule has 1 aromatic rings. The second kappa shape index (κ2) is 8.19. The van der Waals surface area contributed by atoms with Crippen LogP contribution < -0.4 is 4.90 Å². The van der Waals surface area contributed by atoms with Gasteiger partial charge in [-0.05, 0) is 37.8 Å². The number of hydrogen-bond donors (Lipinski definition) is 2. The van der Waals surface area contributed by atoms with Crippen LogP contribution >= 0.6 is 0 Å². The van der Waals surface area contributed by atoms with Gasteiger partial charge in [-0.15, -0.1) is 0 Å². The molecule has 0 aromatic heterocycles. The molecule has 3 rings (SSSR count). The average molecular weight is 368 g/mol. The smallest absolute Gasteiger partial charge is 0.160 e. The molecule has 2 heterocycles. The van der Waals surface area contributed by atoms with E-state index < -0.39 is 23.2 Å². The molecule has 2 saturated heterocycles. The molecule has 0 saturated carbocycles. The summed E-state index contributed by atoms with van der Waals surface area (Å²) in [6.07, 6.45) is 3.93. The molecule has 1 aromatic carbocycles. The highest BCUT2D eigenvalue weighted by Crippen LogP contribution is 2.37. The number of aliphatic hydroxyl groups is 2. The minimum absolute atomic E-state index is 0.0200. The Kier molecular flexibility index (Phi) is 6.15. The van der Waals surface area contributed by atoms with E-state index in [0.29, 0.717) is 12.5 Å². The summed E-state index contributed by atoms with van der Waals surface area (Å²) in [5.41, 5.74) is 0.316. The summed E-state index contributed by atoms with van der Waals surface area (Å²) < 4.78 is 26.6. The third kappa shape index (κ3) is 3.87. The number of hydrogen-bond acceptors (Lipinski definition) is 4. The molecule has 2 atom stereocenters. The summed E-state index contributed by atoms with van der Waals surface area (Å²) in [5.74, 6) is -1.62. The van der Waals surface area contributed by atoms with Gasteiger partial charge in [0.15, 0.2) is 11.6 Å². The van der Waals surface area contributed by atoms with E-state index in [1.807, 2.05) is 0 Å². The first kappa shape index (κ1) is 19.5. The number of likely N-dealkylation sites (tertiary alicyclic amines) is 1. The standard InChI is InChI=1S/C20H30F2N2O2/c1-2-8-20(14-25)13-24(11-7-19(20)26)15-5-9-23(10-6-15)16-3-4-17(21)18(22)12-16/h3-4,12,15,19,25-26H,2,5-11,13-14H2,1H3/t19-,20-/m0/s1. The Morgan fingerprint density at radius 1 is 1.12 bits per heavy atom. The highest BCUT2D eigenvalue weighted by molar-refractivity contribution is 5.47. The van der Waals surface area contributed by atoms with Crippen LogP contribution in [-0.4, -0.2) is 60.0 Å². The fourth-order valence-electron chi connectivity index (χ4n) is 4.64. The van der Waals surface area contributed by atoms with E-state index in [0.717, 1.165) is 57.5 Å². The minimum Gasteiger partial charge on any atom is -0.396 e. The van der Waals surface area contributed by atoms with Gasteiger partial charge in [-0.1, -0.05) is 13.3 Å². The monoisotopic (exact) mass is 368 g/mol. The molecule has 26 heavy (non-hydrogen) atoms. The first-order valence-electron chi connectivity index (χ1n) is 9.72. The lowest BCUT2D eigenvalue weighted by atomic mass is 9.74. The number of anilines is 1. The van der Waals surface area contributed by atoms with Crippen molar-refractivity contribution in [2.45, 2.75) is 51.2 Å². The number of nitrogens with zero attached hydrogens (tertiary/aromatic N) is 2. The lowest BCUT2D eigenvalue weighted by Gasteiger charge is -2.49. The second-order valence-electron chi connectivity index (χ2n) is 7.86. The zero-order valence-corrected chi connectivity index (χ0v) is 15.5. The van der Waals surface area contributed by atoms with E-state index in [1.54, 1.807) is 6.07 Å². The number of piperidine rings is 2. The zero-order chi connectivity index (χ0) is 18.7. The molecule has 2 aliphatic rings. The van der Waals surface area contributed by atoms with Crippen molar-refractivity contribution in [3.63, 3.8) is 0 Å². The molecule has 0 amide bonds. The molecular formula is C20H30F2N2O2. The highest BCUT2D eigenvalue weighted by Gasteiger charge is 2.43. The first-order valence-corrected chi connectivity index (χ1v) is 9.72. The van der Waals surface area contributed by atoms with Crippen molar-refractivity contribution in [2.24, 2.45) is 5.41 Å². The largest absolute Gasteiger partial charge is 0.396 e. The molecule has 0 unspecified atom stereocenters. The molecule has 0 bridgehead atoms. The highest BCUT2D eigenvalue weighted by atomic mass is 19.2. The SMILES string of the molecule is CCC[C@@]1(CO)CN(C2CCN(c3ccc(F)c(F)c3)CC2)CC[C@@H]1O. The van der Waals surface area contributed by atoms with Crippen LogP contribution in [0.4, 0.5) is 14.5 Å². The van der Waals surface area contributed by atoms with Crippen molar-refractivity contribution in [2.75, 3.05) is 37.7 Å². The van der Waals surface area contributed by atoms with Gasteiger partial charge >= 0.3 is 0 Å². The third-order valence-corrected chi connectivity index (χ3v) is 6.23. The van der Waals surface area contributed by atoms with Crippen LogP contribution in [0.3, 0.4) is 0 Å². The quantitative estimate of drug-likeness (QED) is 0.839. The maximum absolute atomic E-state index is 13.5. The van der Waals surface area contributed by atoms with Crippen LogP contribution in [0.2, 0.25) is 0 Å². The Bertz CT molecular complexity index is 607. The van der Waals surface area contributed by atoms with Crippen LogP contribution in [0.15, 0.2) is 18.2 Å². The van der Waals surface area contributed by atoms with Crippen molar-refractivity contribution in [3.8, 4) is 0 Å². The number of halogens is 2. The van der Waals surface area contributed by atoms with Gasteiger partial charge in [-0.2, -0.15) is 0 Å². The van der Waals surface area contributed by atoms with E-state index in [4.69, 9.17) is 0 Å². The Hall–Kier alpha value is -1.24. The first-order chi connectivity index (χ1) is 12.5. The predicted octanol–water partition coefficient (Wildman–Crippen LogP) is 2.78. The second-order valence-corrected chi connectivity index (χ2v) is 7.86. The molecule has 0 aliphatic carbocycles. The van der Waals surface area contributed by atoms with E-state index in [9.17, 15) is 19.0 Å². The van der Waals surface area contributed by atoms with Gasteiger partial charge in [0.05, 0.1) is 12.7 Å². The lowest BCUT2D eigenvalue weighted by Crippen LogP contribution is -2.57. The number of benzene rings is 1.